The van der Waals surface area contributed by atoms with E-state index in [-0.39, 0.29) is 18.4 Å². The second kappa shape index (κ2) is 7.64. The molecule has 2 aromatic heterocycles. The van der Waals surface area contributed by atoms with Crippen molar-refractivity contribution in [2.75, 3.05) is 13.1 Å². The van der Waals surface area contributed by atoms with Gasteiger partial charge in [-0.05, 0) is 43.0 Å². The highest BCUT2D eigenvalue weighted by Gasteiger charge is 2.38. The molecule has 0 unspecified atom stereocenters. The predicted molar refractivity (Wildman–Crippen MR) is 113 cm³/mol. The van der Waals surface area contributed by atoms with Crippen molar-refractivity contribution in [3.63, 3.8) is 0 Å². The first-order valence-electron chi connectivity index (χ1n) is 10.1. The summed E-state index contributed by atoms with van der Waals surface area (Å²) >= 11 is 1.37. The Bertz CT molecular complexity index is 1220. The van der Waals surface area contributed by atoms with Crippen molar-refractivity contribution in [1.82, 2.24) is 19.4 Å². The Labute approximate surface area is 180 Å². The van der Waals surface area contributed by atoms with Gasteiger partial charge in [-0.15, -0.1) is 11.3 Å². The molecule has 2 aromatic carbocycles. The van der Waals surface area contributed by atoms with Gasteiger partial charge in [0.2, 0.25) is 5.82 Å². The Morgan fingerprint density at radius 1 is 1.00 bits per heavy atom. The number of hydrogen-bond acceptors (Lipinski definition) is 4. The number of imidazole rings is 1. The molecule has 1 saturated heterocycles. The van der Waals surface area contributed by atoms with E-state index in [0.29, 0.717) is 42.0 Å². The molecule has 0 aliphatic carbocycles. The lowest BCUT2D eigenvalue weighted by Crippen LogP contribution is -2.39. The number of carbonyl (C=O) groups excluding carboxylic acids is 1. The summed E-state index contributed by atoms with van der Waals surface area (Å²) in [6.07, 6.45) is -3.23. The minimum atomic E-state index is -4.51. The molecule has 0 spiro atoms. The van der Waals surface area contributed by atoms with E-state index in [1.54, 1.807) is 29.2 Å². The SMILES string of the molecule is O=C(c1nc2ccccc2s1)N1CCC(Cn2c(C(F)(F)F)nc3ccccc32)CC1. The molecular formula is C22H19F3N4OS. The Morgan fingerprint density at radius 3 is 2.39 bits per heavy atom. The zero-order chi connectivity index (χ0) is 21.6. The molecule has 1 amide bonds. The summed E-state index contributed by atoms with van der Waals surface area (Å²) in [7, 11) is 0. The normalized spacial score (nSPS) is 15.8. The number of nitrogens with zero attached hydrogens (tertiary/aromatic N) is 4. The van der Waals surface area contributed by atoms with Gasteiger partial charge in [-0.2, -0.15) is 13.2 Å². The van der Waals surface area contributed by atoms with Crippen molar-refractivity contribution in [2.24, 2.45) is 5.92 Å². The number of para-hydroxylation sites is 3. The largest absolute Gasteiger partial charge is 0.449 e. The predicted octanol–water partition coefficient (Wildman–Crippen LogP) is 5.22. The Balaban J connectivity index is 1.31. The molecule has 1 aliphatic heterocycles. The van der Waals surface area contributed by atoms with E-state index in [0.717, 1.165) is 10.2 Å². The Kier molecular flexibility index (Phi) is 4.92. The van der Waals surface area contributed by atoms with E-state index in [1.165, 1.54) is 15.9 Å². The third kappa shape index (κ3) is 3.78. The molecule has 0 atom stereocenters. The fraction of sp³-hybridized carbons (Fsp3) is 0.318. The van der Waals surface area contributed by atoms with Crippen LogP contribution in [0.5, 0.6) is 0 Å². The summed E-state index contributed by atoms with van der Waals surface area (Å²) in [6.45, 7) is 1.25. The standard InChI is InChI=1S/C22H19F3N4OS/c23-22(24,25)21-27-15-5-1-3-7-17(15)29(21)13-14-9-11-28(12-10-14)20(30)19-26-16-6-2-4-8-18(16)31-19/h1-8,14H,9-13H2. The first kappa shape index (κ1) is 20.0. The van der Waals surface area contributed by atoms with Gasteiger partial charge in [0.25, 0.3) is 5.91 Å². The van der Waals surface area contributed by atoms with Gasteiger partial charge in [0.05, 0.1) is 21.3 Å². The lowest BCUT2D eigenvalue weighted by Gasteiger charge is -2.32. The third-order valence-electron chi connectivity index (χ3n) is 5.73. The lowest BCUT2D eigenvalue weighted by atomic mass is 9.96. The van der Waals surface area contributed by atoms with Crippen molar-refractivity contribution in [3.8, 4) is 0 Å². The van der Waals surface area contributed by atoms with Crippen LogP contribution >= 0.6 is 11.3 Å². The fourth-order valence-electron chi connectivity index (χ4n) is 4.15. The van der Waals surface area contributed by atoms with Crippen LogP contribution in [0.4, 0.5) is 13.2 Å². The zero-order valence-corrected chi connectivity index (χ0v) is 17.3. The van der Waals surface area contributed by atoms with Gasteiger partial charge in [-0.25, -0.2) is 9.97 Å². The van der Waals surface area contributed by atoms with Crippen LogP contribution in [0.2, 0.25) is 0 Å². The second-order valence-electron chi connectivity index (χ2n) is 7.75. The Hall–Kier alpha value is -2.94. The summed E-state index contributed by atoms with van der Waals surface area (Å²) in [6, 6.07) is 14.3. The van der Waals surface area contributed by atoms with Crippen LogP contribution in [0.1, 0.15) is 28.5 Å². The summed E-state index contributed by atoms with van der Waals surface area (Å²) in [4.78, 5) is 22.9. The number of alkyl halides is 3. The van der Waals surface area contributed by atoms with Crippen LogP contribution in [0.15, 0.2) is 48.5 Å². The first-order valence-corrected chi connectivity index (χ1v) is 10.9. The van der Waals surface area contributed by atoms with Crippen molar-refractivity contribution < 1.29 is 18.0 Å². The number of hydrogen-bond donors (Lipinski definition) is 0. The van der Waals surface area contributed by atoms with Crippen LogP contribution in [-0.4, -0.2) is 38.4 Å². The van der Waals surface area contributed by atoms with Gasteiger partial charge in [0.15, 0.2) is 5.01 Å². The molecule has 1 aliphatic rings. The quantitative estimate of drug-likeness (QED) is 0.436. The summed E-state index contributed by atoms with van der Waals surface area (Å²) in [5.41, 5.74) is 1.64. The molecule has 31 heavy (non-hydrogen) atoms. The van der Waals surface area contributed by atoms with Crippen LogP contribution in [0.25, 0.3) is 21.3 Å². The minimum absolute atomic E-state index is 0.0399. The molecule has 4 aromatic rings. The fourth-order valence-corrected chi connectivity index (χ4v) is 5.09. The minimum Gasteiger partial charge on any atom is -0.337 e. The van der Waals surface area contributed by atoms with Gasteiger partial charge < -0.3 is 9.47 Å². The topological polar surface area (TPSA) is 51.0 Å². The van der Waals surface area contributed by atoms with Gasteiger partial charge in [0, 0.05) is 19.6 Å². The van der Waals surface area contributed by atoms with E-state index in [1.807, 2.05) is 24.3 Å². The molecule has 5 rings (SSSR count). The smallest absolute Gasteiger partial charge is 0.337 e. The van der Waals surface area contributed by atoms with E-state index >= 15 is 0 Å². The van der Waals surface area contributed by atoms with Crippen LogP contribution in [0, 0.1) is 5.92 Å². The number of aromatic nitrogens is 3. The van der Waals surface area contributed by atoms with Crippen LogP contribution in [-0.2, 0) is 12.7 Å². The summed E-state index contributed by atoms with van der Waals surface area (Å²) in [5, 5.41) is 0.458. The lowest BCUT2D eigenvalue weighted by molar-refractivity contribution is -0.147. The average molecular weight is 444 g/mol. The third-order valence-corrected chi connectivity index (χ3v) is 6.75. The molecular weight excluding hydrogens is 425 g/mol. The highest BCUT2D eigenvalue weighted by Crippen LogP contribution is 2.33. The number of rotatable bonds is 3. The average Bonchev–Trinajstić information content (AvgIpc) is 3.36. The molecule has 0 bridgehead atoms. The maximum absolute atomic E-state index is 13.5. The molecule has 0 radical (unpaired) electrons. The van der Waals surface area contributed by atoms with Crippen molar-refractivity contribution in [1.29, 1.82) is 0 Å². The van der Waals surface area contributed by atoms with E-state index in [2.05, 4.69) is 9.97 Å². The molecule has 5 nitrogen and oxygen atoms in total. The zero-order valence-electron chi connectivity index (χ0n) is 16.5. The number of halogens is 3. The second-order valence-corrected chi connectivity index (χ2v) is 8.79. The van der Waals surface area contributed by atoms with Gasteiger partial charge >= 0.3 is 6.18 Å². The first-order chi connectivity index (χ1) is 14.9. The molecule has 1 fully saturated rings. The van der Waals surface area contributed by atoms with E-state index in [4.69, 9.17) is 0 Å². The number of benzene rings is 2. The number of thiazole rings is 1. The highest BCUT2D eigenvalue weighted by atomic mass is 32.1. The number of carbonyl (C=O) groups is 1. The molecule has 9 heteroatoms. The number of piperidine rings is 1. The van der Waals surface area contributed by atoms with Gasteiger partial charge in [0.1, 0.15) is 0 Å². The van der Waals surface area contributed by atoms with Crippen molar-refractivity contribution in [3.05, 3.63) is 59.4 Å². The van der Waals surface area contributed by atoms with Gasteiger partial charge in [-0.1, -0.05) is 24.3 Å². The number of amides is 1. The maximum atomic E-state index is 13.5. The molecule has 0 saturated carbocycles. The maximum Gasteiger partial charge on any atom is 0.449 e. The highest BCUT2D eigenvalue weighted by molar-refractivity contribution is 7.20. The summed E-state index contributed by atoms with van der Waals surface area (Å²) < 4.78 is 42.9. The summed E-state index contributed by atoms with van der Waals surface area (Å²) in [5.74, 6) is -0.927. The number of fused-ring (bicyclic) bond motifs is 2. The molecule has 0 N–H and O–H groups in total. The van der Waals surface area contributed by atoms with Gasteiger partial charge in [-0.3, -0.25) is 4.79 Å². The van der Waals surface area contributed by atoms with E-state index in [9.17, 15) is 18.0 Å². The molecule has 3 heterocycles. The monoisotopic (exact) mass is 444 g/mol. The van der Waals surface area contributed by atoms with Crippen LogP contribution in [0.3, 0.4) is 0 Å². The van der Waals surface area contributed by atoms with E-state index < -0.39 is 12.0 Å². The van der Waals surface area contributed by atoms with Crippen molar-refractivity contribution in [2.45, 2.75) is 25.6 Å². The number of likely N-dealkylation sites (tertiary alicyclic amines) is 1. The molecule has 160 valence electrons. The van der Waals surface area contributed by atoms with Crippen molar-refractivity contribution >= 4 is 38.5 Å². The van der Waals surface area contributed by atoms with Crippen LogP contribution < -0.4 is 0 Å². The Morgan fingerprint density at radius 2 is 1.68 bits per heavy atom.